The molecule has 0 bridgehead atoms. The molecule has 2 aliphatic heterocycles. The Morgan fingerprint density at radius 1 is 0.740 bits per heavy atom. The summed E-state index contributed by atoms with van der Waals surface area (Å²) in [6.45, 7) is -0.712. The molecule has 8 atom stereocenters. The second-order valence-electron chi connectivity index (χ2n) is 10.8. The van der Waals surface area contributed by atoms with Crippen molar-refractivity contribution in [2.75, 3.05) is 24.7 Å². The summed E-state index contributed by atoms with van der Waals surface area (Å²) in [6, 6.07) is 19.4. The number of aliphatic hydroxyl groups is 3. The van der Waals surface area contributed by atoms with Gasteiger partial charge in [0.25, 0.3) is 0 Å². The summed E-state index contributed by atoms with van der Waals surface area (Å²) in [7, 11) is -4.21. The van der Waals surface area contributed by atoms with E-state index in [0.29, 0.717) is 0 Å². The lowest BCUT2D eigenvalue weighted by Crippen LogP contribution is -2.33. The molecule has 2 saturated heterocycles. The molecule has 0 aliphatic carbocycles. The Kier molecular flexibility index (Phi) is 12.2. The van der Waals surface area contributed by atoms with E-state index in [4.69, 9.17) is 30.1 Å². The van der Waals surface area contributed by atoms with Gasteiger partial charge >= 0.3 is 19.2 Å². The molecule has 0 saturated carbocycles. The lowest BCUT2D eigenvalue weighted by atomic mass is 10.1. The fraction of sp³-hybridized carbons (Fsp3) is 0.333. The molecule has 268 valence electrons. The summed E-state index contributed by atoms with van der Waals surface area (Å²) >= 11 is 1.96. The third-order valence-electron chi connectivity index (χ3n) is 7.34. The van der Waals surface area contributed by atoms with Crippen LogP contribution in [0, 0.1) is 0 Å². The summed E-state index contributed by atoms with van der Waals surface area (Å²) in [6.07, 6.45) is -3.56. The molecular weight excluding hydrogens is 721 g/mol. The summed E-state index contributed by atoms with van der Waals surface area (Å²) in [5, 5.41) is 25.4. The van der Waals surface area contributed by atoms with Gasteiger partial charge in [-0.1, -0.05) is 36.4 Å². The monoisotopic (exact) mass is 754 g/mol. The molecule has 7 N–H and O–H groups in total. The predicted molar refractivity (Wildman–Crippen MR) is 183 cm³/mol. The fourth-order valence-corrected chi connectivity index (χ4v) is 8.96. The second-order valence-corrected chi connectivity index (χ2v) is 15.1. The van der Waals surface area contributed by atoms with Crippen molar-refractivity contribution < 1.29 is 42.2 Å². The van der Waals surface area contributed by atoms with Gasteiger partial charge in [-0.15, -0.1) is 23.5 Å². The Bertz CT molecular complexity index is 1850. The van der Waals surface area contributed by atoms with Gasteiger partial charge < -0.3 is 35.8 Å². The zero-order valence-corrected chi connectivity index (χ0v) is 28.4. The van der Waals surface area contributed by atoms with Crippen LogP contribution in [0.3, 0.4) is 0 Å². The van der Waals surface area contributed by atoms with Crippen LogP contribution < -0.4 is 31.9 Å². The Morgan fingerprint density at radius 3 is 1.56 bits per heavy atom. The number of halogens is 2. The minimum absolute atomic E-state index is 0.00662. The molecule has 2 aromatic heterocycles. The number of hydrogen-bond donors (Lipinski definition) is 5. The minimum atomic E-state index is -4.21. The van der Waals surface area contributed by atoms with Gasteiger partial charge in [0.1, 0.15) is 46.1 Å². The predicted octanol–water partition coefficient (Wildman–Crippen LogP) is 2.55. The van der Waals surface area contributed by atoms with Gasteiger partial charge in [0.2, 0.25) is 0 Å². The molecule has 0 amide bonds. The first-order valence-corrected chi connectivity index (χ1v) is 18.2. The number of hydrogen-bond acceptors (Lipinski definition) is 15. The van der Waals surface area contributed by atoms with Crippen molar-refractivity contribution in [3.63, 3.8) is 0 Å². The van der Waals surface area contributed by atoms with E-state index in [9.17, 15) is 33.1 Å². The van der Waals surface area contributed by atoms with E-state index in [0.717, 1.165) is 32.7 Å². The molecule has 2 fully saturated rings. The maximum Gasteiger partial charge on any atom is 0.587 e. The average Bonchev–Trinajstić information content (AvgIpc) is 3.54. The zero-order valence-electron chi connectivity index (χ0n) is 25.9. The minimum Gasteiger partial charge on any atom is -0.395 e. The molecule has 6 rings (SSSR count). The van der Waals surface area contributed by atoms with E-state index < -0.39 is 65.0 Å². The van der Waals surface area contributed by atoms with Gasteiger partial charge in [-0.3, -0.25) is 13.7 Å². The number of alkyl halides is 2. The topological polar surface area (TPSA) is 227 Å². The van der Waals surface area contributed by atoms with E-state index in [1.54, 1.807) is 60.7 Å². The van der Waals surface area contributed by atoms with Crippen molar-refractivity contribution in [2.45, 2.75) is 45.8 Å². The number of benzene rings is 2. The van der Waals surface area contributed by atoms with Crippen LogP contribution in [0.15, 0.2) is 94.8 Å². The van der Waals surface area contributed by atoms with Crippen LogP contribution in [0.1, 0.15) is 10.7 Å². The van der Waals surface area contributed by atoms with E-state index >= 15 is 0 Å². The number of phosphoric acid groups is 1. The number of rotatable bonds is 10. The molecule has 2 aliphatic rings. The largest absolute Gasteiger partial charge is 0.587 e. The lowest BCUT2D eigenvalue weighted by Gasteiger charge is -2.21. The van der Waals surface area contributed by atoms with Crippen LogP contribution in [0.4, 0.5) is 20.4 Å². The number of aromatic nitrogens is 4. The van der Waals surface area contributed by atoms with Crippen molar-refractivity contribution in [3.05, 3.63) is 106 Å². The molecular formula is C30H33F2N6O9PS2. The number of nitrogen functional groups attached to an aromatic ring is 2. The maximum atomic E-state index is 14.8. The number of phosphoric ester groups is 1. The molecule has 20 heteroatoms. The third kappa shape index (κ3) is 8.84. The molecule has 15 nitrogen and oxygen atoms in total. The van der Waals surface area contributed by atoms with E-state index in [1.807, 2.05) is 0 Å². The molecule has 50 heavy (non-hydrogen) atoms. The number of para-hydroxylation sites is 2. The first-order valence-electron chi connectivity index (χ1n) is 14.9. The normalized spacial score (nSPS) is 26.2. The van der Waals surface area contributed by atoms with Crippen molar-refractivity contribution >= 4 is 43.0 Å². The third-order valence-corrected chi connectivity index (χ3v) is 11.7. The molecule has 0 radical (unpaired) electrons. The number of nitrogens with zero attached hydrogens (tertiary/aromatic N) is 4. The number of thioether (sulfide) groups is 2. The van der Waals surface area contributed by atoms with Gasteiger partial charge in [0.15, 0.2) is 12.3 Å². The summed E-state index contributed by atoms with van der Waals surface area (Å²) < 4.78 is 60.7. The van der Waals surface area contributed by atoms with Gasteiger partial charge in [0.05, 0.1) is 23.7 Å². The Morgan fingerprint density at radius 2 is 1.16 bits per heavy atom. The average molecular weight is 755 g/mol. The number of aliphatic hydroxyl groups excluding tert-OH is 3. The molecule has 0 spiro atoms. The standard InChI is InChI=1S/C21H21FN3O6PS.C9H12FN3O3S/c22-18-19(26)16(33-20(18)25-12-11-17(23)24-21(25)27)13-29-32(28,30-14-7-3-1-4-8-14)31-15-9-5-2-6-10-15;10-6-7(15)4(3-14)17-8(6)13-2-1-5(11)12-9(13)16/h1-12,16,18-20,26H,13H2,(H2,23,24,27);1-2,4,6-8,14-15H,3H2,(H2,11,12,16)/t16-,18+,19-,20-;4-,6+,7-,8-/m11/s1. The van der Waals surface area contributed by atoms with Gasteiger partial charge in [0, 0.05) is 12.4 Å². The highest BCUT2D eigenvalue weighted by atomic mass is 32.2. The van der Waals surface area contributed by atoms with Crippen LogP contribution in [-0.4, -0.2) is 82.7 Å². The zero-order chi connectivity index (χ0) is 36.0. The number of anilines is 2. The van der Waals surface area contributed by atoms with Crippen molar-refractivity contribution in [1.29, 1.82) is 0 Å². The SMILES string of the molecule is Nc1ccn([C@@H]2S[C@H](CO)[C@@H](O)[C@@H]2F)c(=O)n1.Nc1ccn([C@@H]2S[C@H](COP(=O)(Oc3ccccc3)Oc3ccccc3)[C@@H](O)[C@@H]2F)c(=O)n1. The number of nitrogens with two attached hydrogens (primary N) is 2. The first-order chi connectivity index (χ1) is 23.9. The van der Waals surface area contributed by atoms with E-state index in [1.165, 1.54) is 24.5 Å². The summed E-state index contributed by atoms with van der Waals surface area (Å²) in [5.74, 6) is 0.560. The van der Waals surface area contributed by atoms with E-state index in [2.05, 4.69) is 9.97 Å². The highest BCUT2D eigenvalue weighted by molar-refractivity contribution is 8.00. The summed E-state index contributed by atoms with van der Waals surface area (Å²) in [4.78, 5) is 30.7. The first kappa shape index (κ1) is 37.3. The summed E-state index contributed by atoms with van der Waals surface area (Å²) in [5.41, 5.74) is 9.40. The van der Waals surface area contributed by atoms with Crippen LogP contribution in [0.2, 0.25) is 0 Å². The van der Waals surface area contributed by atoms with Gasteiger partial charge in [-0.05, 0) is 36.4 Å². The smallest absolute Gasteiger partial charge is 0.395 e. The van der Waals surface area contributed by atoms with Crippen LogP contribution in [0.25, 0.3) is 0 Å². The van der Waals surface area contributed by atoms with Gasteiger partial charge in [-0.25, -0.2) is 22.9 Å². The lowest BCUT2D eigenvalue weighted by molar-refractivity contribution is 0.0625. The Balaban J connectivity index is 0.000000240. The highest BCUT2D eigenvalue weighted by Gasteiger charge is 2.47. The van der Waals surface area contributed by atoms with E-state index in [-0.39, 0.29) is 36.3 Å². The van der Waals surface area contributed by atoms with Crippen molar-refractivity contribution in [2.24, 2.45) is 0 Å². The Labute approximate surface area is 291 Å². The molecule has 4 aromatic rings. The van der Waals surface area contributed by atoms with Crippen molar-refractivity contribution in [1.82, 2.24) is 19.1 Å². The maximum absolute atomic E-state index is 14.8. The van der Waals surface area contributed by atoms with Crippen LogP contribution in [0.5, 0.6) is 11.5 Å². The quantitative estimate of drug-likeness (QED) is 0.147. The van der Waals surface area contributed by atoms with Crippen molar-refractivity contribution in [3.8, 4) is 11.5 Å². The second kappa shape index (κ2) is 16.4. The van der Waals surface area contributed by atoms with Crippen LogP contribution in [-0.2, 0) is 9.09 Å². The molecule has 0 unspecified atom stereocenters. The fourth-order valence-electron chi connectivity index (χ4n) is 4.84. The Hall–Kier alpha value is -3.97. The van der Waals surface area contributed by atoms with Crippen LogP contribution >= 0.6 is 31.3 Å². The molecule has 2 aromatic carbocycles. The highest BCUT2D eigenvalue weighted by Crippen LogP contribution is 2.52. The van der Waals surface area contributed by atoms with Gasteiger partial charge in [-0.2, -0.15) is 9.97 Å². The molecule has 4 heterocycles.